The van der Waals surface area contributed by atoms with Crippen LogP contribution in [0.1, 0.15) is 38.8 Å². The molecule has 0 spiro atoms. The molecule has 0 bridgehead atoms. The summed E-state index contributed by atoms with van der Waals surface area (Å²) in [5.74, 6) is 0.234. The number of benzene rings is 1. The van der Waals surface area contributed by atoms with Gasteiger partial charge in [-0.1, -0.05) is 24.3 Å². The lowest BCUT2D eigenvalue weighted by Gasteiger charge is -2.32. The molecular formula is C16H22BFO2S. The fourth-order valence-electron chi connectivity index (χ4n) is 2.16. The summed E-state index contributed by atoms with van der Waals surface area (Å²) in [6.07, 6.45) is 1.78. The summed E-state index contributed by atoms with van der Waals surface area (Å²) in [7, 11) is -0.493. The third-order valence-electron chi connectivity index (χ3n) is 4.30. The van der Waals surface area contributed by atoms with E-state index in [2.05, 4.69) is 12.6 Å². The molecule has 1 fully saturated rings. The van der Waals surface area contributed by atoms with Crippen molar-refractivity contribution in [1.29, 1.82) is 0 Å². The molecule has 0 aliphatic carbocycles. The molecular weight excluding hydrogens is 286 g/mol. The molecule has 1 aromatic rings. The molecule has 5 heteroatoms. The molecule has 1 aliphatic heterocycles. The predicted molar refractivity (Wildman–Crippen MR) is 89.0 cm³/mol. The fraction of sp³-hybridized carbons (Fsp3) is 0.500. The molecule has 1 aliphatic rings. The van der Waals surface area contributed by atoms with Gasteiger partial charge in [-0.15, -0.1) is 0 Å². The maximum absolute atomic E-state index is 14.1. The second kappa shape index (κ2) is 5.78. The Morgan fingerprint density at radius 1 is 1.24 bits per heavy atom. The third kappa shape index (κ3) is 3.20. The Hall–Kier alpha value is -0.775. The van der Waals surface area contributed by atoms with Crippen molar-refractivity contribution in [3.63, 3.8) is 0 Å². The molecule has 21 heavy (non-hydrogen) atoms. The van der Waals surface area contributed by atoms with Crippen molar-refractivity contribution in [2.45, 2.75) is 45.8 Å². The van der Waals surface area contributed by atoms with Crippen LogP contribution in [0.5, 0.6) is 0 Å². The molecule has 0 atom stereocenters. The standard InChI is InChI=1S/C16H22BFO2S/c1-11-7-6-8-12(14(11)18)9-13(10-21)17-19-15(2,3)16(4,5)20-17/h6-9,21H,10H2,1-5H3. The first-order valence-electron chi connectivity index (χ1n) is 7.10. The quantitative estimate of drug-likeness (QED) is 0.670. The molecule has 0 saturated carbocycles. The van der Waals surface area contributed by atoms with E-state index in [0.29, 0.717) is 16.9 Å². The van der Waals surface area contributed by atoms with Crippen molar-refractivity contribution in [2.75, 3.05) is 5.75 Å². The summed E-state index contributed by atoms with van der Waals surface area (Å²) in [5.41, 5.74) is 1.15. The number of aryl methyl sites for hydroxylation is 1. The summed E-state index contributed by atoms with van der Waals surface area (Å²) in [6, 6.07) is 5.34. The van der Waals surface area contributed by atoms with Crippen LogP contribution in [0.15, 0.2) is 23.7 Å². The van der Waals surface area contributed by atoms with Crippen LogP contribution in [-0.4, -0.2) is 24.1 Å². The van der Waals surface area contributed by atoms with Gasteiger partial charge in [-0.25, -0.2) is 4.39 Å². The van der Waals surface area contributed by atoms with Crippen LogP contribution in [0.4, 0.5) is 4.39 Å². The topological polar surface area (TPSA) is 18.5 Å². The van der Waals surface area contributed by atoms with E-state index < -0.39 is 18.3 Å². The molecule has 114 valence electrons. The Bertz CT molecular complexity index is 553. The van der Waals surface area contributed by atoms with Gasteiger partial charge in [-0.2, -0.15) is 12.6 Å². The maximum atomic E-state index is 14.1. The van der Waals surface area contributed by atoms with E-state index >= 15 is 0 Å². The van der Waals surface area contributed by atoms with Gasteiger partial charge in [-0.05, 0) is 45.7 Å². The van der Waals surface area contributed by atoms with Gasteiger partial charge in [0, 0.05) is 11.3 Å². The van der Waals surface area contributed by atoms with Crippen LogP contribution < -0.4 is 0 Å². The van der Waals surface area contributed by atoms with Crippen molar-refractivity contribution in [2.24, 2.45) is 0 Å². The Morgan fingerprint density at radius 2 is 1.81 bits per heavy atom. The molecule has 0 aromatic heterocycles. The lowest BCUT2D eigenvalue weighted by Crippen LogP contribution is -2.41. The van der Waals surface area contributed by atoms with Gasteiger partial charge in [0.1, 0.15) is 5.82 Å². The summed E-state index contributed by atoms with van der Waals surface area (Å²) in [5, 5.41) is 0. The van der Waals surface area contributed by atoms with Crippen molar-refractivity contribution in [1.82, 2.24) is 0 Å². The van der Waals surface area contributed by atoms with Crippen LogP contribution in [0.25, 0.3) is 6.08 Å². The second-order valence-corrected chi connectivity index (χ2v) is 6.76. The lowest BCUT2D eigenvalue weighted by molar-refractivity contribution is 0.00578. The zero-order chi connectivity index (χ0) is 15.8. The highest BCUT2D eigenvalue weighted by Crippen LogP contribution is 2.39. The van der Waals surface area contributed by atoms with Gasteiger partial charge in [0.25, 0.3) is 0 Å². The van der Waals surface area contributed by atoms with Gasteiger partial charge < -0.3 is 9.31 Å². The molecule has 1 aromatic carbocycles. The number of hydrogen-bond acceptors (Lipinski definition) is 3. The largest absolute Gasteiger partial charge is 0.491 e. The van der Waals surface area contributed by atoms with Gasteiger partial charge in [0.05, 0.1) is 11.2 Å². The first kappa shape index (κ1) is 16.6. The van der Waals surface area contributed by atoms with E-state index in [9.17, 15) is 4.39 Å². The Balaban J connectivity index is 2.33. The minimum atomic E-state index is -0.493. The third-order valence-corrected chi connectivity index (χ3v) is 4.67. The average molecular weight is 308 g/mol. The summed E-state index contributed by atoms with van der Waals surface area (Å²) >= 11 is 4.34. The number of rotatable bonds is 3. The minimum absolute atomic E-state index is 0.215. The molecule has 1 saturated heterocycles. The average Bonchev–Trinajstić information content (AvgIpc) is 2.60. The van der Waals surface area contributed by atoms with Gasteiger partial charge in [0.2, 0.25) is 0 Å². The molecule has 2 nitrogen and oxygen atoms in total. The van der Waals surface area contributed by atoms with Crippen LogP contribution in [0, 0.1) is 12.7 Å². The monoisotopic (exact) mass is 308 g/mol. The van der Waals surface area contributed by atoms with Crippen molar-refractivity contribution >= 4 is 25.8 Å². The highest BCUT2D eigenvalue weighted by molar-refractivity contribution is 7.80. The minimum Gasteiger partial charge on any atom is -0.400 e. The van der Waals surface area contributed by atoms with Gasteiger partial charge >= 0.3 is 7.12 Å². The molecule has 0 N–H and O–H groups in total. The summed E-state index contributed by atoms with van der Waals surface area (Å²) < 4.78 is 26.1. The van der Waals surface area contributed by atoms with Gasteiger partial charge in [0.15, 0.2) is 0 Å². The molecule has 1 heterocycles. The highest BCUT2D eigenvalue weighted by atomic mass is 32.1. The highest BCUT2D eigenvalue weighted by Gasteiger charge is 2.52. The number of thiol groups is 1. The van der Waals surface area contributed by atoms with E-state index in [4.69, 9.17) is 9.31 Å². The second-order valence-electron chi connectivity index (χ2n) is 6.44. The molecule has 2 rings (SSSR count). The number of halogens is 1. The molecule has 0 amide bonds. The van der Waals surface area contributed by atoms with Crippen molar-refractivity contribution < 1.29 is 13.7 Å². The van der Waals surface area contributed by atoms with Crippen molar-refractivity contribution in [3.8, 4) is 0 Å². The predicted octanol–water partition coefficient (Wildman–Crippen LogP) is 4.08. The van der Waals surface area contributed by atoms with Crippen LogP contribution in [0.3, 0.4) is 0 Å². The van der Waals surface area contributed by atoms with Crippen LogP contribution in [-0.2, 0) is 9.31 Å². The van der Waals surface area contributed by atoms with Gasteiger partial charge in [-0.3, -0.25) is 0 Å². The maximum Gasteiger partial charge on any atom is 0.491 e. The zero-order valence-corrected chi connectivity index (χ0v) is 14.1. The Kier molecular flexibility index (Phi) is 4.57. The summed E-state index contributed by atoms with van der Waals surface area (Å²) in [4.78, 5) is 0. The van der Waals surface area contributed by atoms with E-state index in [1.54, 1.807) is 25.1 Å². The Morgan fingerprint density at radius 3 is 2.33 bits per heavy atom. The SMILES string of the molecule is Cc1cccc(C=C(CS)B2OC(C)(C)C(C)(C)O2)c1F. The van der Waals surface area contributed by atoms with E-state index in [-0.39, 0.29) is 5.82 Å². The van der Waals surface area contributed by atoms with E-state index in [1.807, 2.05) is 33.8 Å². The normalized spacial score (nSPS) is 20.9. The molecule has 0 unspecified atom stereocenters. The van der Waals surface area contributed by atoms with E-state index in [0.717, 1.165) is 5.47 Å². The summed E-state index contributed by atoms with van der Waals surface area (Å²) in [6.45, 7) is 9.74. The Labute approximate surface area is 132 Å². The fourth-order valence-corrected chi connectivity index (χ4v) is 2.40. The zero-order valence-electron chi connectivity index (χ0n) is 13.2. The van der Waals surface area contributed by atoms with Crippen LogP contribution >= 0.6 is 12.6 Å². The first-order chi connectivity index (χ1) is 9.68. The smallest absolute Gasteiger partial charge is 0.400 e. The van der Waals surface area contributed by atoms with E-state index in [1.165, 1.54) is 0 Å². The number of hydrogen-bond donors (Lipinski definition) is 1. The molecule has 0 radical (unpaired) electrons. The first-order valence-corrected chi connectivity index (χ1v) is 7.73. The lowest BCUT2D eigenvalue weighted by atomic mass is 9.78. The van der Waals surface area contributed by atoms with Crippen LogP contribution in [0.2, 0.25) is 0 Å². The van der Waals surface area contributed by atoms with Crippen molar-refractivity contribution in [3.05, 3.63) is 40.6 Å².